The van der Waals surface area contributed by atoms with E-state index in [1.165, 1.54) is 45.4 Å². The maximum absolute atomic E-state index is 3.60. The predicted molar refractivity (Wildman–Crippen MR) is 81.0 cm³/mol. The van der Waals surface area contributed by atoms with E-state index in [4.69, 9.17) is 0 Å². The van der Waals surface area contributed by atoms with Gasteiger partial charge in [-0.3, -0.25) is 0 Å². The van der Waals surface area contributed by atoms with Gasteiger partial charge in [-0.05, 0) is 71.0 Å². The lowest BCUT2D eigenvalue weighted by atomic mass is 9.92. The molecule has 0 amide bonds. The first-order valence-corrected chi connectivity index (χ1v) is 7.63. The van der Waals surface area contributed by atoms with Crippen molar-refractivity contribution < 1.29 is 0 Å². The van der Waals surface area contributed by atoms with Crippen LogP contribution >= 0.6 is 0 Å². The summed E-state index contributed by atoms with van der Waals surface area (Å²) in [6.07, 6.45) is 4.05. The van der Waals surface area contributed by atoms with Crippen LogP contribution in [-0.2, 0) is 0 Å². The molecule has 1 N–H and O–H groups in total. The second kappa shape index (κ2) is 6.38. The molecule has 0 aliphatic carbocycles. The molecular formula is C16H34N2. The molecule has 1 aliphatic rings. The smallest absolute Gasteiger partial charge is 0.00965 e. The number of rotatable bonds is 5. The van der Waals surface area contributed by atoms with E-state index in [0.29, 0.717) is 5.41 Å². The highest BCUT2D eigenvalue weighted by Gasteiger charge is 2.23. The summed E-state index contributed by atoms with van der Waals surface area (Å²) in [6, 6.07) is 0. The Kier molecular flexibility index (Phi) is 5.67. The fraction of sp³-hybridized carbons (Fsp3) is 1.00. The molecule has 0 spiro atoms. The number of nitrogens with one attached hydrogen (secondary N) is 1. The van der Waals surface area contributed by atoms with Crippen molar-refractivity contribution in [2.45, 2.75) is 66.3 Å². The SMILES string of the molecule is CC(C)(C)CCN1CCC(CCNC(C)(C)C)C1. The number of nitrogens with zero attached hydrogens (tertiary/aromatic N) is 1. The molecule has 0 aromatic rings. The molecule has 1 atom stereocenters. The average molecular weight is 254 g/mol. The molecule has 2 heteroatoms. The Bertz CT molecular complexity index is 234. The van der Waals surface area contributed by atoms with Gasteiger partial charge in [-0.25, -0.2) is 0 Å². The summed E-state index contributed by atoms with van der Waals surface area (Å²) in [5.74, 6) is 0.916. The van der Waals surface area contributed by atoms with Crippen LogP contribution in [0.1, 0.15) is 60.8 Å². The maximum atomic E-state index is 3.60. The molecule has 1 fully saturated rings. The molecule has 0 bridgehead atoms. The minimum absolute atomic E-state index is 0.268. The third-order valence-corrected chi connectivity index (χ3v) is 3.76. The second-order valence-electron chi connectivity index (χ2n) is 8.23. The molecule has 1 heterocycles. The Morgan fingerprint density at radius 1 is 1.11 bits per heavy atom. The first-order valence-electron chi connectivity index (χ1n) is 7.63. The highest BCUT2D eigenvalue weighted by molar-refractivity contribution is 4.79. The minimum Gasteiger partial charge on any atom is -0.312 e. The fourth-order valence-corrected chi connectivity index (χ4v) is 2.50. The largest absolute Gasteiger partial charge is 0.312 e. The summed E-state index contributed by atoms with van der Waals surface area (Å²) in [4.78, 5) is 2.66. The standard InChI is InChI=1S/C16H34N2/c1-15(2,3)9-12-18-11-8-14(13-18)7-10-17-16(4,5)6/h14,17H,7-13H2,1-6H3. The quantitative estimate of drug-likeness (QED) is 0.807. The van der Waals surface area contributed by atoms with Gasteiger partial charge in [0.1, 0.15) is 0 Å². The van der Waals surface area contributed by atoms with Gasteiger partial charge in [0.2, 0.25) is 0 Å². The zero-order valence-electron chi connectivity index (χ0n) is 13.5. The summed E-state index contributed by atoms with van der Waals surface area (Å²) in [6.45, 7) is 18.9. The highest BCUT2D eigenvalue weighted by Crippen LogP contribution is 2.23. The van der Waals surface area contributed by atoms with Crippen LogP contribution in [0, 0.1) is 11.3 Å². The topological polar surface area (TPSA) is 15.3 Å². The van der Waals surface area contributed by atoms with Gasteiger partial charge in [0.25, 0.3) is 0 Å². The summed E-state index contributed by atoms with van der Waals surface area (Å²) < 4.78 is 0. The van der Waals surface area contributed by atoms with Crippen LogP contribution < -0.4 is 5.32 Å². The first kappa shape index (κ1) is 16.0. The van der Waals surface area contributed by atoms with Crippen molar-refractivity contribution in [3.05, 3.63) is 0 Å². The molecule has 18 heavy (non-hydrogen) atoms. The van der Waals surface area contributed by atoms with Crippen molar-refractivity contribution in [2.24, 2.45) is 11.3 Å². The summed E-state index contributed by atoms with van der Waals surface area (Å²) >= 11 is 0. The average Bonchev–Trinajstić information content (AvgIpc) is 2.60. The van der Waals surface area contributed by atoms with Gasteiger partial charge >= 0.3 is 0 Å². The molecule has 0 aromatic heterocycles. The molecule has 108 valence electrons. The van der Waals surface area contributed by atoms with Gasteiger partial charge in [0, 0.05) is 12.1 Å². The number of hydrogen-bond donors (Lipinski definition) is 1. The zero-order valence-corrected chi connectivity index (χ0v) is 13.5. The molecule has 0 radical (unpaired) electrons. The molecule has 1 aliphatic heterocycles. The summed E-state index contributed by atoms with van der Waals surface area (Å²) in [5.41, 5.74) is 0.746. The Morgan fingerprint density at radius 3 is 2.33 bits per heavy atom. The lowest BCUT2D eigenvalue weighted by molar-refractivity contribution is 0.256. The van der Waals surface area contributed by atoms with E-state index in [1.54, 1.807) is 0 Å². The van der Waals surface area contributed by atoms with Gasteiger partial charge in [-0.2, -0.15) is 0 Å². The Labute approximate surface area is 115 Å². The van der Waals surface area contributed by atoms with E-state index in [0.717, 1.165) is 5.92 Å². The van der Waals surface area contributed by atoms with Crippen molar-refractivity contribution in [1.82, 2.24) is 10.2 Å². The van der Waals surface area contributed by atoms with Crippen molar-refractivity contribution >= 4 is 0 Å². The van der Waals surface area contributed by atoms with Gasteiger partial charge in [0.05, 0.1) is 0 Å². The third kappa shape index (κ3) is 7.38. The number of likely N-dealkylation sites (tertiary alicyclic amines) is 1. The van der Waals surface area contributed by atoms with Crippen molar-refractivity contribution in [2.75, 3.05) is 26.2 Å². The van der Waals surface area contributed by atoms with E-state index in [9.17, 15) is 0 Å². The fourth-order valence-electron chi connectivity index (χ4n) is 2.50. The van der Waals surface area contributed by atoms with Crippen LogP contribution in [0.2, 0.25) is 0 Å². The summed E-state index contributed by atoms with van der Waals surface area (Å²) in [5, 5.41) is 3.60. The number of hydrogen-bond acceptors (Lipinski definition) is 2. The van der Waals surface area contributed by atoms with Crippen LogP contribution in [0.25, 0.3) is 0 Å². The molecular weight excluding hydrogens is 220 g/mol. The minimum atomic E-state index is 0.268. The predicted octanol–water partition coefficient (Wildman–Crippen LogP) is 3.52. The van der Waals surface area contributed by atoms with Gasteiger partial charge < -0.3 is 10.2 Å². The highest BCUT2D eigenvalue weighted by atomic mass is 15.1. The van der Waals surface area contributed by atoms with Crippen molar-refractivity contribution in [1.29, 1.82) is 0 Å². The maximum Gasteiger partial charge on any atom is 0.00965 e. The van der Waals surface area contributed by atoms with E-state index in [2.05, 4.69) is 51.8 Å². The van der Waals surface area contributed by atoms with Gasteiger partial charge in [0.15, 0.2) is 0 Å². The first-order chi connectivity index (χ1) is 8.16. The van der Waals surface area contributed by atoms with Crippen LogP contribution in [0.5, 0.6) is 0 Å². The molecule has 1 rings (SSSR count). The Hall–Kier alpha value is -0.0800. The van der Waals surface area contributed by atoms with Crippen LogP contribution in [0.3, 0.4) is 0 Å². The van der Waals surface area contributed by atoms with Crippen LogP contribution in [-0.4, -0.2) is 36.6 Å². The Balaban J connectivity index is 2.14. The summed E-state index contributed by atoms with van der Waals surface area (Å²) in [7, 11) is 0. The van der Waals surface area contributed by atoms with Crippen LogP contribution in [0.15, 0.2) is 0 Å². The third-order valence-electron chi connectivity index (χ3n) is 3.76. The lowest BCUT2D eigenvalue weighted by Gasteiger charge is -2.24. The van der Waals surface area contributed by atoms with Gasteiger partial charge in [-0.1, -0.05) is 20.8 Å². The van der Waals surface area contributed by atoms with E-state index >= 15 is 0 Å². The van der Waals surface area contributed by atoms with E-state index in [-0.39, 0.29) is 5.54 Å². The second-order valence-corrected chi connectivity index (χ2v) is 8.23. The van der Waals surface area contributed by atoms with E-state index < -0.39 is 0 Å². The van der Waals surface area contributed by atoms with E-state index in [1.807, 2.05) is 0 Å². The molecule has 1 unspecified atom stereocenters. The monoisotopic (exact) mass is 254 g/mol. The Morgan fingerprint density at radius 2 is 1.78 bits per heavy atom. The van der Waals surface area contributed by atoms with Crippen molar-refractivity contribution in [3.63, 3.8) is 0 Å². The van der Waals surface area contributed by atoms with Crippen molar-refractivity contribution in [3.8, 4) is 0 Å². The lowest BCUT2D eigenvalue weighted by Crippen LogP contribution is -2.37. The molecule has 1 saturated heterocycles. The van der Waals surface area contributed by atoms with Crippen LogP contribution in [0.4, 0.5) is 0 Å². The zero-order chi connectivity index (χ0) is 13.8. The normalized spacial score (nSPS) is 22.7. The molecule has 2 nitrogen and oxygen atoms in total. The molecule has 0 saturated carbocycles. The van der Waals surface area contributed by atoms with Gasteiger partial charge in [-0.15, -0.1) is 0 Å². The molecule has 0 aromatic carbocycles.